The lowest BCUT2D eigenvalue weighted by Crippen LogP contribution is -2.44. The summed E-state index contributed by atoms with van der Waals surface area (Å²) in [6, 6.07) is 0.252. The Morgan fingerprint density at radius 2 is 1.55 bits per heavy atom. The molecule has 0 unspecified atom stereocenters. The van der Waals surface area contributed by atoms with Gasteiger partial charge >= 0.3 is 5.97 Å². The average molecular weight is 277 g/mol. The van der Waals surface area contributed by atoms with Crippen LogP contribution in [-0.4, -0.2) is 23.0 Å². The van der Waals surface area contributed by atoms with Crippen LogP contribution < -0.4 is 5.32 Å². The summed E-state index contributed by atoms with van der Waals surface area (Å²) < 4.78 is 0. The molecule has 2 bridgehead atoms. The molecule has 3 rings (SSSR count). The van der Waals surface area contributed by atoms with Crippen LogP contribution in [0, 0.1) is 23.7 Å². The molecule has 0 aromatic heterocycles. The van der Waals surface area contributed by atoms with Crippen molar-refractivity contribution in [3.8, 4) is 0 Å². The predicted octanol–water partition coefficient (Wildman–Crippen LogP) is 2.35. The summed E-state index contributed by atoms with van der Waals surface area (Å²) in [7, 11) is 0. The molecule has 2 N–H and O–H groups in total. The second-order valence-corrected chi connectivity index (χ2v) is 6.54. The van der Waals surface area contributed by atoms with Crippen LogP contribution in [0.15, 0.2) is 12.2 Å². The van der Waals surface area contributed by atoms with Gasteiger partial charge in [0.1, 0.15) is 0 Å². The molecule has 1 amide bonds. The number of hydrogen-bond donors (Lipinski definition) is 2. The Kier molecular flexibility index (Phi) is 3.81. The maximum Gasteiger partial charge on any atom is 0.307 e. The zero-order chi connectivity index (χ0) is 14.1. The monoisotopic (exact) mass is 277 g/mol. The van der Waals surface area contributed by atoms with Gasteiger partial charge in [-0.15, -0.1) is 0 Å². The van der Waals surface area contributed by atoms with Crippen LogP contribution in [0.3, 0.4) is 0 Å². The standard InChI is InChI=1S/C16H23NO3/c18-15(17-12-5-3-1-2-4-6-12)13-10-7-8-11(9-10)14(13)16(19)20/h7-8,10-14H,1-6,9H2,(H,17,18)(H,19,20)/t10-,11-,13+,14+/m0/s1. The third-order valence-electron chi connectivity index (χ3n) is 5.25. The summed E-state index contributed by atoms with van der Waals surface area (Å²) in [5, 5.41) is 12.5. The van der Waals surface area contributed by atoms with Crippen molar-refractivity contribution >= 4 is 11.9 Å². The van der Waals surface area contributed by atoms with Crippen LogP contribution in [0.25, 0.3) is 0 Å². The van der Waals surface area contributed by atoms with Gasteiger partial charge in [-0.05, 0) is 31.1 Å². The molecule has 0 radical (unpaired) electrons. The number of carbonyl (C=O) groups is 2. The Bertz CT molecular complexity index is 423. The largest absolute Gasteiger partial charge is 0.481 e. The molecule has 0 heterocycles. The second kappa shape index (κ2) is 5.58. The molecule has 0 spiro atoms. The van der Waals surface area contributed by atoms with Crippen LogP contribution in [-0.2, 0) is 9.59 Å². The van der Waals surface area contributed by atoms with Gasteiger partial charge in [0.15, 0.2) is 0 Å². The first-order chi connectivity index (χ1) is 9.66. The number of rotatable bonds is 3. The zero-order valence-electron chi connectivity index (χ0n) is 11.8. The summed E-state index contributed by atoms with van der Waals surface area (Å²) in [5.74, 6) is -1.53. The summed E-state index contributed by atoms with van der Waals surface area (Å²) in [6.07, 6.45) is 11.8. The number of carboxylic acids is 1. The molecule has 20 heavy (non-hydrogen) atoms. The Hall–Kier alpha value is -1.32. The molecule has 4 heteroatoms. The number of nitrogens with one attached hydrogen (secondary N) is 1. The van der Waals surface area contributed by atoms with E-state index in [1.54, 1.807) is 0 Å². The fourth-order valence-corrected chi connectivity index (χ4v) is 4.24. The van der Waals surface area contributed by atoms with Gasteiger partial charge in [0.05, 0.1) is 11.8 Å². The van der Waals surface area contributed by atoms with Crippen LogP contribution >= 0.6 is 0 Å². The zero-order valence-corrected chi connectivity index (χ0v) is 11.8. The number of aliphatic carboxylic acids is 1. The normalized spacial score (nSPS) is 36.8. The fraction of sp³-hybridized carbons (Fsp3) is 0.750. The molecule has 0 aromatic carbocycles. The van der Waals surface area contributed by atoms with Gasteiger partial charge in [0.25, 0.3) is 0 Å². The van der Waals surface area contributed by atoms with E-state index in [2.05, 4.69) is 5.32 Å². The average Bonchev–Trinajstić information content (AvgIpc) is 2.93. The Morgan fingerprint density at radius 1 is 0.950 bits per heavy atom. The predicted molar refractivity (Wildman–Crippen MR) is 75.0 cm³/mol. The van der Waals surface area contributed by atoms with Gasteiger partial charge < -0.3 is 10.4 Å². The molecule has 3 aliphatic carbocycles. The molecular weight excluding hydrogens is 254 g/mol. The van der Waals surface area contributed by atoms with Crippen molar-refractivity contribution in [3.05, 3.63) is 12.2 Å². The number of hydrogen-bond acceptors (Lipinski definition) is 2. The van der Waals surface area contributed by atoms with Crippen LogP contribution in [0.5, 0.6) is 0 Å². The van der Waals surface area contributed by atoms with E-state index >= 15 is 0 Å². The third kappa shape index (κ3) is 2.48. The van der Waals surface area contributed by atoms with Crippen molar-refractivity contribution in [1.82, 2.24) is 5.32 Å². The summed E-state index contributed by atoms with van der Waals surface area (Å²) in [5.41, 5.74) is 0. The minimum atomic E-state index is -0.817. The van der Waals surface area contributed by atoms with Crippen LogP contribution in [0.2, 0.25) is 0 Å². The second-order valence-electron chi connectivity index (χ2n) is 6.54. The van der Waals surface area contributed by atoms with Crippen LogP contribution in [0.1, 0.15) is 44.9 Å². The Labute approximate surface area is 119 Å². The number of amides is 1. The molecule has 0 saturated heterocycles. The Morgan fingerprint density at radius 3 is 2.15 bits per heavy atom. The van der Waals surface area contributed by atoms with E-state index in [0.29, 0.717) is 0 Å². The van der Waals surface area contributed by atoms with E-state index in [1.807, 2.05) is 12.2 Å². The highest BCUT2D eigenvalue weighted by molar-refractivity contribution is 5.87. The first-order valence-corrected chi connectivity index (χ1v) is 7.88. The summed E-state index contributed by atoms with van der Waals surface area (Å²) in [4.78, 5) is 24.0. The molecule has 0 aromatic rings. The maximum absolute atomic E-state index is 12.5. The maximum atomic E-state index is 12.5. The topological polar surface area (TPSA) is 66.4 Å². The molecule has 2 fully saturated rings. The van der Waals surface area contributed by atoms with Gasteiger partial charge in [-0.1, -0.05) is 37.8 Å². The van der Waals surface area contributed by atoms with Crippen molar-refractivity contribution < 1.29 is 14.7 Å². The number of fused-ring (bicyclic) bond motifs is 2. The van der Waals surface area contributed by atoms with Crippen molar-refractivity contribution in [2.24, 2.45) is 23.7 Å². The smallest absolute Gasteiger partial charge is 0.307 e. The molecule has 4 nitrogen and oxygen atoms in total. The fourth-order valence-electron chi connectivity index (χ4n) is 4.24. The molecule has 0 aliphatic heterocycles. The van der Waals surface area contributed by atoms with Crippen LogP contribution in [0.4, 0.5) is 0 Å². The van der Waals surface area contributed by atoms with E-state index in [9.17, 15) is 14.7 Å². The van der Waals surface area contributed by atoms with Gasteiger partial charge in [-0.3, -0.25) is 9.59 Å². The lowest BCUT2D eigenvalue weighted by Gasteiger charge is -2.26. The van der Waals surface area contributed by atoms with Crippen molar-refractivity contribution in [2.75, 3.05) is 0 Å². The van der Waals surface area contributed by atoms with Gasteiger partial charge in [-0.25, -0.2) is 0 Å². The van der Waals surface area contributed by atoms with Crippen molar-refractivity contribution in [1.29, 1.82) is 0 Å². The number of carbonyl (C=O) groups excluding carboxylic acids is 1. The Balaban J connectivity index is 1.66. The van der Waals surface area contributed by atoms with E-state index in [1.165, 1.54) is 25.7 Å². The van der Waals surface area contributed by atoms with Gasteiger partial charge in [0, 0.05) is 6.04 Å². The number of allylic oxidation sites excluding steroid dienone is 2. The van der Waals surface area contributed by atoms with Crippen molar-refractivity contribution in [3.63, 3.8) is 0 Å². The molecule has 2 saturated carbocycles. The highest BCUT2D eigenvalue weighted by Crippen LogP contribution is 2.48. The van der Waals surface area contributed by atoms with E-state index in [4.69, 9.17) is 0 Å². The summed E-state index contributed by atoms with van der Waals surface area (Å²) >= 11 is 0. The van der Waals surface area contributed by atoms with Crippen molar-refractivity contribution in [2.45, 2.75) is 51.0 Å². The molecule has 110 valence electrons. The molecular formula is C16H23NO3. The minimum Gasteiger partial charge on any atom is -0.481 e. The quantitative estimate of drug-likeness (QED) is 0.614. The minimum absolute atomic E-state index is 0.0267. The molecule has 4 atom stereocenters. The SMILES string of the molecule is O=C(O)[C@H]1[C@H](C(=O)NC2CCCCCC2)[C@H]2C=C[C@H]1C2. The lowest BCUT2D eigenvalue weighted by atomic mass is 9.82. The molecule has 3 aliphatic rings. The third-order valence-corrected chi connectivity index (χ3v) is 5.25. The first kappa shape index (κ1) is 13.7. The van der Waals surface area contributed by atoms with Gasteiger partial charge in [-0.2, -0.15) is 0 Å². The van der Waals surface area contributed by atoms with E-state index < -0.39 is 11.9 Å². The summed E-state index contributed by atoms with van der Waals surface area (Å²) in [6.45, 7) is 0. The van der Waals surface area contributed by atoms with Gasteiger partial charge in [0.2, 0.25) is 5.91 Å². The first-order valence-electron chi connectivity index (χ1n) is 7.88. The number of carboxylic acid groups (broad SMARTS) is 1. The highest BCUT2D eigenvalue weighted by atomic mass is 16.4. The highest BCUT2D eigenvalue weighted by Gasteiger charge is 2.51. The van der Waals surface area contributed by atoms with E-state index in [-0.39, 0.29) is 29.7 Å². The lowest BCUT2D eigenvalue weighted by molar-refractivity contribution is -0.148. The van der Waals surface area contributed by atoms with E-state index in [0.717, 1.165) is 19.3 Å².